The average molecular weight is 484 g/mol. The van der Waals surface area contributed by atoms with E-state index < -0.39 is 24.1 Å². The lowest BCUT2D eigenvalue weighted by Gasteiger charge is -2.44. The number of carbonyl (C=O) groups is 1. The molecule has 3 aliphatic rings. The summed E-state index contributed by atoms with van der Waals surface area (Å²) in [5.74, 6) is 0.165. The van der Waals surface area contributed by atoms with Crippen molar-refractivity contribution in [3.63, 3.8) is 0 Å². The van der Waals surface area contributed by atoms with Crippen molar-refractivity contribution >= 4 is 5.91 Å². The second-order valence-corrected chi connectivity index (χ2v) is 11.3. The van der Waals surface area contributed by atoms with Gasteiger partial charge in [0.1, 0.15) is 0 Å². The zero-order valence-corrected chi connectivity index (χ0v) is 20.7. The molecule has 3 aliphatic carbocycles. The summed E-state index contributed by atoms with van der Waals surface area (Å²) in [7, 11) is 0. The zero-order chi connectivity index (χ0) is 25.3. The van der Waals surface area contributed by atoms with Crippen molar-refractivity contribution in [1.82, 2.24) is 5.32 Å². The maximum absolute atomic E-state index is 12.9. The maximum atomic E-state index is 12.9. The smallest absolute Gasteiger partial charge is 0.393 e. The van der Waals surface area contributed by atoms with E-state index in [1.807, 2.05) is 0 Å². The normalized spacial score (nSPS) is 35.2. The predicted molar refractivity (Wildman–Crippen MR) is 127 cm³/mol. The lowest BCUT2D eigenvalue weighted by atomic mass is 9.61. The number of hydrogen-bond acceptors (Lipinski definition) is 3. The van der Waals surface area contributed by atoms with Gasteiger partial charge < -0.3 is 15.5 Å². The van der Waals surface area contributed by atoms with Crippen LogP contribution in [0.3, 0.4) is 0 Å². The molecule has 1 amide bonds. The molecule has 34 heavy (non-hydrogen) atoms. The van der Waals surface area contributed by atoms with Gasteiger partial charge in [0, 0.05) is 6.54 Å². The number of carbonyl (C=O) groups excluding carboxylic acids is 1. The van der Waals surface area contributed by atoms with Crippen LogP contribution in [-0.2, 0) is 4.79 Å². The molecule has 6 atom stereocenters. The van der Waals surface area contributed by atoms with Gasteiger partial charge in [0.05, 0.1) is 12.5 Å². The van der Waals surface area contributed by atoms with Crippen molar-refractivity contribution in [2.75, 3.05) is 6.54 Å². The molecule has 0 aromatic rings. The van der Waals surface area contributed by atoms with Gasteiger partial charge in [-0.05, 0) is 87.0 Å². The van der Waals surface area contributed by atoms with E-state index >= 15 is 0 Å². The molecule has 0 spiro atoms. The standard InChI is InChI=1S/C27H40F3NO3/c1-17-7-10-21(32)14-20(17)9-8-19-6-5-13-25(3)22(11-12-23(19)25)18(2)16-31-24(33)15-26(4,34)27(28,29)30/h8-9,18,21-23,32,34H,1,5-7,10-16H2,2-4H3,(H,31,33)/b19-8+,20-9-/t18-,21+,22-,23+,25-,26+/m1/s1. The summed E-state index contributed by atoms with van der Waals surface area (Å²) in [5, 5.41) is 22.2. The molecular weight excluding hydrogens is 443 g/mol. The molecule has 0 saturated heterocycles. The fraction of sp³-hybridized carbons (Fsp3) is 0.741. The number of hydrogen-bond donors (Lipinski definition) is 3. The van der Waals surface area contributed by atoms with Gasteiger partial charge in [0.25, 0.3) is 0 Å². The van der Waals surface area contributed by atoms with Gasteiger partial charge in [-0.25, -0.2) is 0 Å². The summed E-state index contributed by atoms with van der Waals surface area (Å²) in [6, 6.07) is 0. The van der Waals surface area contributed by atoms with E-state index in [4.69, 9.17) is 0 Å². The summed E-state index contributed by atoms with van der Waals surface area (Å²) in [6.07, 6.45) is 5.88. The molecule has 0 radical (unpaired) electrons. The Hall–Kier alpha value is -1.60. The first kappa shape index (κ1) is 27.0. The Morgan fingerprint density at radius 3 is 2.65 bits per heavy atom. The minimum atomic E-state index is -4.84. The summed E-state index contributed by atoms with van der Waals surface area (Å²) in [5.41, 5.74) is 0.752. The van der Waals surface area contributed by atoms with Crippen molar-refractivity contribution in [2.24, 2.45) is 23.2 Å². The summed E-state index contributed by atoms with van der Waals surface area (Å²) in [6.45, 7) is 9.48. The first-order valence-electron chi connectivity index (χ1n) is 12.6. The number of amides is 1. The monoisotopic (exact) mass is 483 g/mol. The lowest BCUT2D eigenvalue weighted by molar-refractivity contribution is -0.253. The van der Waals surface area contributed by atoms with Crippen molar-refractivity contribution in [3.8, 4) is 0 Å². The topological polar surface area (TPSA) is 69.6 Å². The number of rotatable bonds is 6. The van der Waals surface area contributed by atoms with E-state index in [-0.39, 0.29) is 17.4 Å². The molecule has 0 unspecified atom stereocenters. The summed E-state index contributed by atoms with van der Waals surface area (Å²) in [4.78, 5) is 12.1. The number of nitrogens with one attached hydrogen (secondary N) is 1. The van der Waals surface area contributed by atoms with Crippen molar-refractivity contribution < 1.29 is 28.2 Å². The Kier molecular flexibility index (Phi) is 8.08. The van der Waals surface area contributed by atoms with Gasteiger partial charge in [-0.15, -0.1) is 0 Å². The van der Waals surface area contributed by atoms with Gasteiger partial charge in [-0.1, -0.05) is 43.7 Å². The number of fused-ring (bicyclic) bond motifs is 1. The largest absolute Gasteiger partial charge is 0.417 e. The van der Waals surface area contributed by atoms with Gasteiger partial charge in [0.2, 0.25) is 5.91 Å². The minimum Gasteiger partial charge on any atom is -0.393 e. The third-order valence-corrected chi connectivity index (χ3v) is 8.65. The highest BCUT2D eigenvalue weighted by molar-refractivity contribution is 5.77. The second kappa shape index (κ2) is 10.2. The Bertz CT molecular complexity index is 845. The highest BCUT2D eigenvalue weighted by Gasteiger charge is 2.52. The molecule has 0 bridgehead atoms. The van der Waals surface area contributed by atoms with Gasteiger partial charge in [0.15, 0.2) is 5.60 Å². The van der Waals surface area contributed by atoms with Crippen LogP contribution in [0.1, 0.15) is 78.6 Å². The molecule has 0 aromatic carbocycles. The van der Waals surface area contributed by atoms with E-state index in [9.17, 15) is 28.2 Å². The van der Waals surface area contributed by atoms with Gasteiger partial charge >= 0.3 is 6.18 Å². The van der Waals surface area contributed by atoms with Gasteiger partial charge in [-0.2, -0.15) is 13.2 Å². The molecule has 0 heterocycles. The predicted octanol–water partition coefficient (Wildman–Crippen LogP) is 5.61. The number of aliphatic hydroxyl groups excluding tert-OH is 1. The van der Waals surface area contributed by atoms with E-state index in [1.54, 1.807) is 0 Å². The van der Waals surface area contributed by atoms with Crippen LogP contribution in [-0.4, -0.2) is 40.5 Å². The van der Waals surface area contributed by atoms with Crippen LogP contribution >= 0.6 is 0 Å². The van der Waals surface area contributed by atoms with E-state index in [0.29, 0.717) is 31.7 Å². The van der Waals surface area contributed by atoms with Crippen molar-refractivity contribution in [1.29, 1.82) is 0 Å². The fourth-order valence-corrected chi connectivity index (χ4v) is 6.50. The number of halogens is 3. The highest BCUT2D eigenvalue weighted by atomic mass is 19.4. The Morgan fingerprint density at radius 2 is 1.97 bits per heavy atom. The molecular formula is C27H40F3NO3. The van der Waals surface area contributed by atoms with E-state index in [0.717, 1.165) is 56.1 Å². The molecule has 0 aliphatic heterocycles. The SMILES string of the molecule is C=C1CC[C@H](O)C/C1=C/C=C1\CCC[C@]2(C)[C@@H]([C@H](C)CNC(=O)C[C@](C)(O)C(F)(F)F)CC[C@@H]12. The molecule has 7 heteroatoms. The van der Waals surface area contributed by atoms with E-state index in [1.165, 1.54) is 5.57 Å². The van der Waals surface area contributed by atoms with Crippen molar-refractivity contribution in [2.45, 2.75) is 96.4 Å². The quantitative estimate of drug-likeness (QED) is 0.460. The Morgan fingerprint density at radius 1 is 1.26 bits per heavy atom. The highest BCUT2D eigenvalue weighted by Crippen LogP contribution is 2.59. The molecule has 192 valence electrons. The summed E-state index contributed by atoms with van der Waals surface area (Å²) >= 11 is 0. The van der Waals surface area contributed by atoms with Crippen molar-refractivity contribution in [3.05, 3.63) is 35.5 Å². The first-order chi connectivity index (χ1) is 15.7. The molecule has 4 nitrogen and oxygen atoms in total. The maximum Gasteiger partial charge on any atom is 0.417 e. The number of allylic oxidation sites excluding steroid dienone is 4. The molecule has 3 saturated carbocycles. The third-order valence-electron chi connectivity index (χ3n) is 8.65. The third kappa shape index (κ3) is 5.78. The van der Waals surface area contributed by atoms with Crippen LogP contribution in [0.25, 0.3) is 0 Å². The van der Waals surface area contributed by atoms with Crippen LogP contribution in [0, 0.1) is 23.2 Å². The zero-order valence-electron chi connectivity index (χ0n) is 20.7. The lowest BCUT2D eigenvalue weighted by Crippen LogP contribution is -2.47. The Balaban J connectivity index is 1.64. The van der Waals surface area contributed by atoms with Crippen LogP contribution in [0.5, 0.6) is 0 Å². The molecule has 0 aromatic heterocycles. The van der Waals surface area contributed by atoms with Crippen LogP contribution < -0.4 is 5.32 Å². The first-order valence-corrected chi connectivity index (χ1v) is 12.6. The van der Waals surface area contributed by atoms with Crippen LogP contribution in [0.15, 0.2) is 35.5 Å². The Labute approximate surface area is 201 Å². The second-order valence-electron chi connectivity index (χ2n) is 11.3. The van der Waals surface area contributed by atoms with E-state index in [2.05, 4.69) is 37.9 Å². The molecule has 3 fully saturated rings. The minimum absolute atomic E-state index is 0.0906. The number of aliphatic hydroxyl groups is 2. The molecule has 3 N–H and O–H groups in total. The number of alkyl halides is 3. The van der Waals surface area contributed by atoms with Crippen LogP contribution in [0.4, 0.5) is 13.2 Å². The summed E-state index contributed by atoms with van der Waals surface area (Å²) < 4.78 is 38.6. The molecule has 3 rings (SSSR count). The average Bonchev–Trinajstić information content (AvgIpc) is 3.09. The van der Waals surface area contributed by atoms with Crippen LogP contribution in [0.2, 0.25) is 0 Å². The fourth-order valence-electron chi connectivity index (χ4n) is 6.50. The van der Waals surface area contributed by atoms with Gasteiger partial charge in [-0.3, -0.25) is 4.79 Å².